The van der Waals surface area contributed by atoms with Crippen LogP contribution in [-0.2, 0) is 9.47 Å². The molecule has 2 aliphatic rings. The first kappa shape index (κ1) is 15.6. The zero-order valence-corrected chi connectivity index (χ0v) is 13.2. The summed E-state index contributed by atoms with van der Waals surface area (Å²) in [6, 6.07) is 6.73. The van der Waals surface area contributed by atoms with Gasteiger partial charge in [-0.15, -0.1) is 0 Å². The van der Waals surface area contributed by atoms with Gasteiger partial charge in [0.1, 0.15) is 6.10 Å². The summed E-state index contributed by atoms with van der Waals surface area (Å²) in [5.74, 6) is -0.392. The van der Waals surface area contributed by atoms with Crippen molar-refractivity contribution in [3.05, 3.63) is 29.3 Å². The van der Waals surface area contributed by atoms with E-state index in [4.69, 9.17) is 21.1 Å². The van der Waals surface area contributed by atoms with Gasteiger partial charge in [0.2, 0.25) is 0 Å². The van der Waals surface area contributed by atoms with Gasteiger partial charge in [0.25, 0.3) is 0 Å². The minimum absolute atomic E-state index is 0.0749. The second kappa shape index (κ2) is 6.86. The summed E-state index contributed by atoms with van der Waals surface area (Å²) in [6.07, 6.45) is 5.39. The van der Waals surface area contributed by atoms with Crippen molar-refractivity contribution in [2.75, 3.05) is 18.5 Å². The number of urea groups is 1. The average Bonchev–Trinajstić information content (AvgIpc) is 2.91. The molecule has 2 fully saturated rings. The van der Waals surface area contributed by atoms with Gasteiger partial charge < -0.3 is 20.1 Å². The van der Waals surface area contributed by atoms with Gasteiger partial charge in [-0.05, 0) is 37.1 Å². The molecule has 5 nitrogen and oxygen atoms in total. The van der Waals surface area contributed by atoms with Crippen molar-refractivity contribution in [2.45, 2.75) is 44.0 Å². The highest BCUT2D eigenvalue weighted by Gasteiger charge is 2.42. The molecule has 0 unspecified atom stereocenters. The zero-order valence-electron chi connectivity index (χ0n) is 12.4. The first-order chi connectivity index (χ1) is 10.7. The van der Waals surface area contributed by atoms with Crippen LogP contribution in [0.3, 0.4) is 0 Å². The Bertz CT molecular complexity index is 515. The summed E-state index contributed by atoms with van der Waals surface area (Å²) < 4.78 is 11.9. The van der Waals surface area contributed by atoms with Crippen LogP contribution in [0, 0.1) is 0 Å². The summed E-state index contributed by atoms with van der Waals surface area (Å²) in [7, 11) is 0. The van der Waals surface area contributed by atoms with E-state index in [1.54, 1.807) is 24.3 Å². The first-order valence-electron chi connectivity index (χ1n) is 7.77. The van der Waals surface area contributed by atoms with E-state index in [0.29, 0.717) is 23.9 Å². The third-order valence-electron chi connectivity index (χ3n) is 4.12. The van der Waals surface area contributed by atoms with Crippen LogP contribution < -0.4 is 10.6 Å². The molecule has 1 atom stereocenters. The number of benzene rings is 1. The highest BCUT2D eigenvalue weighted by atomic mass is 35.5. The molecule has 1 aliphatic carbocycles. The fourth-order valence-electron chi connectivity index (χ4n) is 2.98. The molecule has 22 heavy (non-hydrogen) atoms. The minimum atomic E-state index is -0.392. The van der Waals surface area contributed by atoms with Crippen LogP contribution in [0.4, 0.5) is 10.5 Å². The van der Waals surface area contributed by atoms with Gasteiger partial charge in [-0.3, -0.25) is 0 Å². The van der Waals surface area contributed by atoms with E-state index in [0.717, 1.165) is 25.7 Å². The van der Waals surface area contributed by atoms with Crippen molar-refractivity contribution in [2.24, 2.45) is 0 Å². The van der Waals surface area contributed by atoms with Gasteiger partial charge >= 0.3 is 6.03 Å². The molecule has 120 valence electrons. The molecule has 1 aromatic carbocycles. The largest absolute Gasteiger partial charge is 0.347 e. The second-order valence-corrected chi connectivity index (χ2v) is 6.30. The molecule has 0 bridgehead atoms. The number of carbonyl (C=O) groups is 1. The van der Waals surface area contributed by atoms with Gasteiger partial charge in [-0.25, -0.2) is 4.79 Å². The third-order valence-corrected chi connectivity index (χ3v) is 4.37. The van der Waals surface area contributed by atoms with Crippen LogP contribution in [-0.4, -0.2) is 31.1 Å². The smallest absolute Gasteiger partial charge is 0.319 e. The van der Waals surface area contributed by atoms with E-state index in [9.17, 15) is 4.79 Å². The van der Waals surface area contributed by atoms with E-state index in [2.05, 4.69) is 10.6 Å². The average molecular weight is 325 g/mol. The normalized spacial score (nSPS) is 23.4. The molecule has 1 saturated carbocycles. The van der Waals surface area contributed by atoms with E-state index < -0.39 is 5.79 Å². The maximum atomic E-state index is 11.9. The van der Waals surface area contributed by atoms with Crippen molar-refractivity contribution in [3.8, 4) is 0 Å². The predicted octanol–water partition coefficient (Wildman–Crippen LogP) is 3.54. The highest BCUT2D eigenvalue weighted by molar-refractivity contribution is 6.30. The van der Waals surface area contributed by atoms with Crippen LogP contribution in [0.2, 0.25) is 5.02 Å². The quantitative estimate of drug-likeness (QED) is 0.894. The fourth-order valence-corrected chi connectivity index (χ4v) is 3.11. The summed E-state index contributed by atoms with van der Waals surface area (Å²) in [6.45, 7) is 0.988. The van der Waals surface area contributed by atoms with Crippen molar-refractivity contribution >= 4 is 23.3 Å². The zero-order chi connectivity index (χ0) is 15.4. The van der Waals surface area contributed by atoms with Crippen molar-refractivity contribution in [1.82, 2.24) is 5.32 Å². The van der Waals surface area contributed by atoms with Crippen LogP contribution in [0.5, 0.6) is 0 Å². The molecular weight excluding hydrogens is 304 g/mol. The number of carbonyl (C=O) groups excluding carboxylic acids is 1. The van der Waals surface area contributed by atoms with Crippen molar-refractivity contribution in [3.63, 3.8) is 0 Å². The molecular formula is C16H21ClN2O3. The Morgan fingerprint density at radius 1 is 1.23 bits per heavy atom. The summed E-state index contributed by atoms with van der Waals surface area (Å²) in [5.41, 5.74) is 0.703. The maximum Gasteiger partial charge on any atom is 0.319 e. The molecule has 2 N–H and O–H groups in total. The Morgan fingerprint density at radius 2 is 1.95 bits per heavy atom. The Morgan fingerprint density at radius 3 is 2.68 bits per heavy atom. The van der Waals surface area contributed by atoms with Gasteiger partial charge in [0.05, 0.1) is 6.61 Å². The SMILES string of the molecule is O=C(NC[C@@H]1COC2(CCCCC2)O1)Nc1ccc(Cl)cc1. The Kier molecular flexibility index (Phi) is 4.86. The monoisotopic (exact) mass is 324 g/mol. The topological polar surface area (TPSA) is 59.6 Å². The number of ether oxygens (including phenoxy) is 2. The van der Waals surface area contributed by atoms with Gasteiger partial charge in [0.15, 0.2) is 5.79 Å². The summed E-state index contributed by atoms with van der Waals surface area (Å²) in [5, 5.41) is 6.22. The van der Waals surface area contributed by atoms with Crippen molar-refractivity contribution in [1.29, 1.82) is 0 Å². The lowest BCUT2D eigenvalue weighted by molar-refractivity contribution is -0.186. The molecule has 0 radical (unpaired) electrons. The van der Waals surface area contributed by atoms with Gasteiger partial charge in [0, 0.05) is 30.1 Å². The number of nitrogens with one attached hydrogen (secondary N) is 2. The van der Waals surface area contributed by atoms with E-state index in [1.807, 2.05) is 0 Å². The van der Waals surface area contributed by atoms with Crippen molar-refractivity contribution < 1.29 is 14.3 Å². The first-order valence-corrected chi connectivity index (χ1v) is 8.15. The molecule has 0 aromatic heterocycles. The molecule has 1 spiro atoms. The third kappa shape index (κ3) is 3.91. The Labute approximate surface area is 135 Å². The summed E-state index contributed by atoms with van der Waals surface area (Å²) in [4.78, 5) is 11.9. The number of anilines is 1. The van der Waals surface area contributed by atoms with Crippen LogP contribution in [0.1, 0.15) is 32.1 Å². The number of hydrogen-bond acceptors (Lipinski definition) is 3. The lowest BCUT2D eigenvalue weighted by atomic mass is 9.94. The number of halogens is 1. The fraction of sp³-hybridized carbons (Fsp3) is 0.562. The van der Waals surface area contributed by atoms with Crippen LogP contribution in [0.15, 0.2) is 24.3 Å². The molecule has 1 saturated heterocycles. The molecule has 1 aliphatic heterocycles. The number of amides is 2. The van der Waals surface area contributed by atoms with Crippen LogP contribution in [0.25, 0.3) is 0 Å². The minimum Gasteiger partial charge on any atom is -0.347 e. The van der Waals surface area contributed by atoms with E-state index in [-0.39, 0.29) is 12.1 Å². The second-order valence-electron chi connectivity index (χ2n) is 5.86. The van der Waals surface area contributed by atoms with Crippen LogP contribution >= 0.6 is 11.6 Å². The number of hydrogen-bond donors (Lipinski definition) is 2. The number of rotatable bonds is 3. The standard InChI is InChI=1S/C16H21ClN2O3/c17-12-4-6-13(7-5-12)19-15(20)18-10-14-11-21-16(22-14)8-2-1-3-9-16/h4-7,14H,1-3,8-11H2,(H2,18,19,20)/t14-/m1/s1. The molecule has 3 rings (SSSR count). The maximum absolute atomic E-state index is 11.9. The highest BCUT2D eigenvalue weighted by Crippen LogP contribution is 2.37. The molecule has 2 amide bonds. The Hall–Kier alpha value is -1.30. The molecule has 1 heterocycles. The molecule has 1 aromatic rings. The van der Waals surface area contributed by atoms with Gasteiger partial charge in [-0.1, -0.05) is 18.0 Å². The molecule has 6 heteroatoms. The lowest BCUT2D eigenvalue weighted by Crippen LogP contribution is -2.38. The van der Waals surface area contributed by atoms with E-state index in [1.165, 1.54) is 6.42 Å². The van der Waals surface area contributed by atoms with Gasteiger partial charge in [-0.2, -0.15) is 0 Å². The predicted molar refractivity (Wildman–Crippen MR) is 85.1 cm³/mol. The summed E-state index contributed by atoms with van der Waals surface area (Å²) >= 11 is 5.81. The Balaban J connectivity index is 1.43. The lowest BCUT2D eigenvalue weighted by Gasteiger charge is -2.31. The van der Waals surface area contributed by atoms with E-state index >= 15 is 0 Å².